The van der Waals surface area contributed by atoms with E-state index in [2.05, 4.69) is 14.5 Å². The lowest BCUT2D eigenvalue weighted by Gasteiger charge is -2.32. The Balaban J connectivity index is 1.67. The second-order valence-electron chi connectivity index (χ2n) is 7.39. The fraction of sp³-hybridized carbons (Fsp3) is 0.500. The minimum absolute atomic E-state index is 0.207. The summed E-state index contributed by atoms with van der Waals surface area (Å²) in [7, 11) is 4.03. The van der Waals surface area contributed by atoms with Crippen molar-refractivity contribution >= 4 is 5.91 Å². The highest BCUT2D eigenvalue weighted by atomic mass is 19.4. The van der Waals surface area contributed by atoms with Gasteiger partial charge in [-0.1, -0.05) is 12.1 Å². The normalized spacial score (nSPS) is 16.0. The van der Waals surface area contributed by atoms with Crippen molar-refractivity contribution in [2.45, 2.75) is 31.5 Å². The zero-order valence-corrected chi connectivity index (χ0v) is 16.1. The monoisotopic (exact) mass is 394 g/mol. The molecular formula is C20H25F3N4O. The first-order valence-corrected chi connectivity index (χ1v) is 9.38. The van der Waals surface area contributed by atoms with Crippen molar-refractivity contribution in [1.82, 2.24) is 19.4 Å². The van der Waals surface area contributed by atoms with Gasteiger partial charge < -0.3 is 14.4 Å². The first-order chi connectivity index (χ1) is 13.3. The maximum Gasteiger partial charge on any atom is 0.417 e. The predicted octanol–water partition coefficient (Wildman–Crippen LogP) is 3.48. The van der Waals surface area contributed by atoms with Gasteiger partial charge in [-0.05, 0) is 39.1 Å². The van der Waals surface area contributed by atoms with Crippen LogP contribution in [-0.2, 0) is 12.7 Å². The Morgan fingerprint density at radius 2 is 1.89 bits per heavy atom. The summed E-state index contributed by atoms with van der Waals surface area (Å²) in [5.41, 5.74) is -1.15. The van der Waals surface area contributed by atoms with Crippen LogP contribution in [0.1, 0.15) is 40.5 Å². The fourth-order valence-electron chi connectivity index (χ4n) is 3.61. The summed E-state index contributed by atoms with van der Waals surface area (Å²) in [6.45, 7) is 2.59. The predicted molar refractivity (Wildman–Crippen MR) is 100 cm³/mol. The van der Waals surface area contributed by atoms with E-state index in [0.717, 1.165) is 25.0 Å². The summed E-state index contributed by atoms with van der Waals surface area (Å²) in [6, 6.07) is 4.99. The lowest BCUT2D eigenvalue weighted by atomic mass is 9.95. The summed E-state index contributed by atoms with van der Waals surface area (Å²) in [4.78, 5) is 20.8. The molecule has 1 aliphatic rings. The lowest BCUT2D eigenvalue weighted by molar-refractivity contribution is -0.138. The summed E-state index contributed by atoms with van der Waals surface area (Å²) in [5.74, 6) is 0.644. The topological polar surface area (TPSA) is 41.4 Å². The number of likely N-dealkylation sites (tertiary alicyclic amines) is 1. The standard InChI is InChI=1S/C20H25F3N4O/c1-25(2)13-14-26-12-9-24-18(26)15-7-10-27(11-8-15)19(28)16-5-3-4-6-17(16)20(21,22)23/h3-6,9,12,15H,7-8,10-11,13-14H2,1-2H3. The highest BCUT2D eigenvalue weighted by molar-refractivity contribution is 5.96. The first kappa shape index (κ1) is 20.4. The van der Waals surface area contributed by atoms with Crippen molar-refractivity contribution in [3.63, 3.8) is 0 Å². The van der Waals surface area contributed by atoms with Crippen LogP contribution in [0.4, 0.5) is 13.2 Å². The quantitative estimate of drug-likeness (QED) is 0.780. The number of imidazole rings is 1. The molecule has 2 heterocycles. The molecule has 2 aromatic rings. The molecule has 0 unspecified atom stereocenters. The van der Waals surface area contributed by atoms with E-state index >= 15 is 0 Å². The average molecular weight is 394 g/mol. The maximum atomic E-state index is 13.2. The number of aromatic nitrogens is 2. The van der Waals surface area contributed by atoms with E-state index in [9.17, 15) is 18.0 Å². The summed E-state index contributed by atoms with van der Waals surface area (Å²) < 4.78 is 41.8. The Hall–Kier alpha value is -2.35. The van der Waals surface area contributed by atoms with Crippen molar-refractivity contribution < 1.29 is 18.0 Å². The number of piperidine rings is 1. The van der Waals surface area contributed by atoms with Crippen molar-refractivity contribution in [1.29, 1.82) is 0 Å². The molecule has 1 fully saturated rings. The van der Waals surface area contributed by atoms with E-state index in [1.54, 1.807) is 6.20 Å². The van der Waals surface area contributed by atoms with E-state index in [1.165, 1.54) is 23.1 Å². The molecule has 0 atom stereocenters. The largest absolute Gasteiger partial charge is 0.417 e. The van der Waals surface area contributed by atoms with Crippen LogP contribution in [0.2, 0.25) is 0 Å². The third kappa shape index (κ3) is 4.55. The number of amides is 1. The molecule has 1 aliphatic heterocycles. The molecule has 0 radical (unpaired) electrons. The third-order valence-electron chi connectivity index (χ3n) is 5.15. The molecule has 0 aliphatic carbocycles. The van der Waals surface area contributed by atoms with Crippen LogP contribution in [0, 0.1) is 0 Å². The van der Waals surface area contributed by atoms with Crippen molar-refractivity contribution in [3.8, 4) is 0 Å². The highest BCUT2D eigenvalue weighted by Gasteiger charge is 2.36. The number of hydrogen-bond donors (Lipinski definition) is 0. The SMILES string of the molecule is CN(C)CCn1ccnc1C1CCN(C(=O)c2ccccc2C(F)(F)F)CC1. The molecule has 0 bridgehead atoms. The molecule has 3 rings (SSSR count). The minimum Gasteiger partial charge on any atom is -0.339 e. The molecule has 8 heteroatoms. The van der Waals surface area contributed by atoms with Gasteiger partial charge in [0.15, 0.2) is 0 Å². The number of carbonyl (C=O) groups is 1. The van der Waals surface area contributed by atoms with Gasteiger partial charge in [0.25, 0.3) is 5.91 Å². The van der Waals surface area contributed by atoms with E-state index in [0.29, 0.717) is 25.9 Å². The van der Waals surface area contributed by atoms with Gasteiger partial charge in [-0.15, -0.1) is 0 Å². The van der Waals surface area contributed by atoms with Gasteiger partial charge in [0, 0.05) is 44.5 Å². The number of rotatable bonds is 5. The fourth-order valence-corrected chi connectivity index (χ4v) is 3.61. The van der Waals surface area contributed by atoms with Crippen LogP contribution >= 0.6 is 0 Å². The van der Waals surface area contributed by atoms with Gasteiger partial charge in [0.1, 0.15) is 5.82 Å². The Labute approximate surface area is 162 Å². The maximum absolute atomic E-state index is 13.2. The molecule has 0 spiro atoms. The number of carbonyl (C=O) groups excluding carboxylic acids is 1. The summed E-state index contributed by atoms with van der Waals surface area (Å²) >= 11 is 0. The zero-order valence-electron chi connectivity index (χ0n) is 16.1. The smallest absolute Gasteiger partial charge is 0.339 e. The van der Waals surface area contributed by atoms with Crippen molar-refractivity contribution in [3.05, 3.63) is 53.6 Å². The first-order valence-electron chi connectivity index (χ1n) is 9.38. The van der Waals surface area contributed by atoms with Crippen LogP contribution in [-0.4, -0.2) is 59.0 Å². The molecule has 1 aromatic heterocycles. The van der Waals surface area contributed by atoms with Crippen LogP contribution in [0.5, 0.6) is 0 Å². The number of likely N-dealkylation sites (N-methyl/N-ethyl adjacent to an activating group) is 1. The van der Waals surface area contributed by atoms with E-state index < -0.39 is 17.6 Å². The van der Waals surface area contributed by atoms with Gasteiger partial charge >= 0.3 is 6.18 Å². The number of hydrogen-bond acceptors (Lipinski definition) is 3. The lowest BCUT2D eigenvalue weighted by Crippen LogP contribution is -2.39. The zero-order chi connectivity index (χ0) is 20.3. The number of alkyl halides is 3. The Kier molecular flexibility index (Phi) is 6.07. The molecule has 5 nitrogen and oxygen atoms in total. The second kappa shape index (κ2) is 8.34. The molecular weight excluding hydrogens is 369 g/mol. The van der Waals surface area contributed by atoms with E-state index in [4.69, 9.17) is 0 Å². The Bertz CT molecular complexity index is 808. The van der Waals surface area contributed by atoms with Gasteiger partial charge in [0.05, 0.1) is 11.1 Å². The van der Waals surface area contributed by atoms with Crippen LogP contribution in [0.3, 0.4) is 0 Å². The van der Waals surface area contributed by atoms with Gasteiger partial charge in [0.2, 0.25) is 0 Å². The number of halogens is 3. The van der Waals surface area contributed by atoms with Gasteiger partial charge in [-0.3, -0.25) is 4.79 Å². The second-order valence-corrected chi connectivity index (χ2v) is 7.39. The van der Waals surface area contributed by atoms with E-state index in [1.807, 2.05) is 20.3 Å². The van der Waals surface area contributed by atoms with Gasteiger partial charge in [-0.2, -0.15) is 13.2 Å². The minimum atomic E-state index is -4.54. The van der Waals surface area contributed by atoms with Crippen molar-refractivity contribution in [2.75, 3.05) is 33.7 Å². The summed E-state index contributed by atoms with van der Waals surface area (Å²) in [6.07, 6.45) is 0.581. The Morgan fingerprint density at radius 3 is 2.54 bits per heavy atom. The van der Waals surface area contributed by atoms with Crippen LogP contribution in [0.25, 0.3) is 0 Å². The Morgan fingerprint density at radius 1 is 1.21 bits per heavy atom. The van der Waals surface area contributed by atoms with Crippen molar-refractivity contribution in [2.24, 2.45) is 0 Å². The molecule has 1 aromatic carbocycles. The van der Waals surface area contributed by atoms with Gasteiger partial charge in [-0.25, -0.2) is 4.98 Å². The van der Waals surface area contributed by atoms with Crippen LogP contribution in [0.15, 0.2) is 36.7 Å². The van der Waals surface area contributed by atoms with E-state index in [-0.39, 0.29) is 11.5 Å². The third-order valence-corrected chi connectivity index (χ3v) is 5.15. The molecule has 1 saturated heterocycles. The molecule has 0 N–H and O–H groups in total. The molecule has 0 saturated carbocycles. The molecule has 28 heavy (non-hydrogen) atoms. The molecule has 1 amide bonds. The highest BCUT2D eigenvalue weighted by Crippen LogP contribution is 2.33. The number of nitrogens with zero attached hydrogens (tertiary/aromatic N) is 4. The average Bonchev–Trinajstić information content (AvgIpc) is 3.14. The van der Waals surface area contributed by atoms with Crippen LogP contribution < -0.4 is 0 Å². The summed E-state index contributed by atoms with van der Waals surface area (Å²) in [5, 5.41) is 0. The molecule has 152 valence electrons. The number of benzene rings is 1.